The molecule has 0 saturated carbocycles. The third kappa shape index (κ3) is 2.52. The van der Waals surface area contributed by atoms with E-state index < -0.39 is 6.03 Å². The number of primary amides is 1. The third-order valence-corrected chi connectivity index (χ3v) is 2.18. The highest BCUT2D eigenvalue weighted by atomic mass is 16.5. The van der Waals surface area contributed by atoms with Gasteiger partial charge >= 0.3 is 6.03 Å². The van der Waals surface area contributed by atoms with Gasteiger partial charge in [-0.3, -0.25) is 0 Å². The molecule has 5 nitrogen and oxygen atoms in total. The Labute approximate surface area is 97.7 Å². The Morgan fingerprint density at radius 1 is 1.06 bits per heavy atom. The van der Waals surface area contributed by atoms with Crippen LogP contribution in [0.25, 0.3) is 10.8 Å². The third-order valence-electron chi connectivity index (χ3n) is 2.18. The number of nitrogens with two attached hydrogens (primary N) is 2. The molecule has 17 heavy (non-hydrogen) atoms. The van der Waals surface area contributed by atoms with Crippen molar-refractivity contribution < 1.29 is 9.53 Å². The van der Waals surface area contributed by atoms with Crippen LogP contribution in [0.15, 0.2) is 47.5 Å². The Morgan fingerprint density at radius 2 is 1.76 bits per heavy atom. The highest BCUT2D eigenvalue weighted by Crippen LogP contribution is 2.24. The van der Waals surface area contributed by atoms with E-state index in [4.69, 9.17) is 16.2 Å². The largest absolute Gasteiger partial charge is 0.425 e. The minimum Gasteiger partial charge on any atom is -0.425 e. The molecule has 2 rings (SSSR count). The summed E-state index contributed by atoms with van der Waals surface area (Å²) >= 11 is 0. The lowest BCUT2D eigenvalue weighted by molar-refractivity contribution is 0.256. The molecule has 86 valence electrons. The molecule has 0 radical (unpaired) electrons. The average molecular weight is 229 g/mol. The van der Waals surface area contributed by atoms with E-state index in [1.54, 1.807) is 6.07 Å². The topological polar surface area (TPSA) is 90.7 Å². The zero-order valence-corrected chi connectivity index (χ0v) is 8.96. The number of rotatable bonds is 1. The average Bonchev–Trinajstić information content (AvgIpc) is 2.28. The van der Waals surface area contributed by atoms with Gasteiger partial charge in [-0.1, -0.05) is 36.4 Å². The Balaban J connectivity index is 2.39. The number of fused-ring (bicyclic) bond motifs is 1. The number of hydrogen-bond acceptors (Lipinski definition) is 2. The Hall–Kier alpha value is -2.56. The summed E-state index contributed by atoms with van der Waals surface area (Å²) in [5.41, 5.74) is 10.3. The summed E-state index contributed by atoms with van der Waals surface area (Å²) in [6, 6.07) is 12.0. The van der Waals surface area contributed by atoms with Crippen LogP contribution >= 0.6 is 0 Å². The lowest BCUT2D eigenvalue weighted by Gasteiger charge is -2.07. The molecule has 0 aliphatic rings. The van der Waals surface area contributed by atoms with Crippen LogP contribution in [0.1, 0.15) is 0 Å². The number of amidine groups is 1. The Morgan fingerprint density at radius 3 is 2.53 bits per heavy atom. The number of carbonyl (C=O) groups is 1. The van der Waals surface area contributed by atoms with Crippen LogP contribution in [0, 0.1) is 0 Å². The fourth-order valence-electron chi connectivity index (χ4n) is 1.53. The number of hydrogen-bond donors (Lipinski definition) is 2. The minimum atomic E-state index is -0.886. The van der Waals surface area contributed by atoms with Crippen LogP contribution in [0.4, 0.5) is 4.79 Å². The van der Waals surface area contributed by atoms with E-state index in [0.29, 0.717) is 5.75 Å². The molecule has 2 aromatic carbocycles. The maximum absolute atomic E-state index is 10.5. The van der Waals surface area contributed by atoms with E-state index in [9.17, 15) is 4.79 Å². The Bertz CT molecular complexity index is 588. The van der Waals surface area contributed by atoms with Crippen LogP contribution in [0.2, 0.25) is 0 Å². The number of aliphatic imine (C=N–C) groups is 1. The molecule has 0 bridgehead atoms. The van der Waals surface area contributed by atoms with Crippen molar-refractivity contribution in [1.82, 2.24) is 0 Å². The van der Waals surface area contributed by atoms with Crippen LogP contribution in [0.5, 0.6) is 5.75 Å². The molecule has 0 spiro atoms. The molecular formula is C12H11N3O2. The van der Waals surface area contributed by atoms with Gasteiger partial charge in [0.05, 0.1) is 0 Å². The summed E-state index contributed by atoms with van der Waals surface area (Å²) in [7, 11) is 0. The van der Waals surface area contributed by atoms with Gasteiger partial charge < -0.3 is 16.2 Å². The van der Waals surface area contributed by atoms with Gasteiger partial charge in [-0.2, -0.15) is 0 Å². The van der Waals surface area contributed by atoms with Crippen LogP contribution in [0.3, 0.4) is 0 Å². The second-order valence-corrected chi connectivity index (χ2v) is 3.37. The highest BCUT2D eigenvalue weighted by molar-refractivity contribution is 5.93. The number of carbonyl (C=O) groups excluding carboxylic acids is 1. The van der Waals surface area contributed by atoms with Gasteiger partial charge in [0.25, 0.3) is 6.02 Å². The fraction of sp³-hybridized carbons (Fsp3) is 0. The van der Waals surface area contributed by atoms with Crippen LogP contribution in [-0.2, 0) is 0 Å². The standard InChI is InChI=1S/C12H11N3O2/c13-11(16)15-12(14)17-10-7-3-5-8-4-1-2-6-9(8)10/h1-7H,(H4,13,14,15,16). The maximum atomic E-state index is 10.5. The van der Waals surface area contributed by atoms with Gasteiger partial charge in [-0.15, -0.1) is 4.99 Å². The van der Waals surface area contributed by atoms with Gasteiger partial charge in [-0.25, -0.2) is 4.79 Å². The van der Waals surface area contributed by atoms with Gasteiger partial charge in [0.2, 0.25) is 0 Å². The molecule has 0 heterocycles. The summed E-state index contributed by atoms with van der Waals surface area (Å²) in [6.45, 7) is 0. The first-order valence-corrected chi connectivity index (χ1v) is 4.96. The van der Waals surface area contributed by atoms with Crippen molar-refractivity contribution in [3.8, 4) is 5.75 Å². The molecule has 0 aliphatic heterocycles. The maximum Gasteiger partial charge on any atom is 0.342 e. The highest BCUT2D eigenvalue weighted by Gasteiger charge is 2.04. The van der Waals surface area contributed by atoms with Crippen LogP contribution < -0.4 is 16.2 Å². The molecule has 2 amide bonds. The second kappa shape index (κ2) is 4.52. The van der Waals surface area contributed by atoms with Gasteiger partial charge in [0.1, 0.15) is 5.75 Å². The summed E-state index contributed by atoms with van der Waals surface area (Å²) in [6.07, 6.45) is 0. The van der Waals surface area contributed by atoms with E-state index in [-0.39, 0.29) is 6.02 Å². The second-order valence-electron chi connectivity index (χ2n) is 3.37. The first-order chi connectivity index (χ1) is 8.16. The molecule has 0 aromatic heterocycles. The summed E-state index contributed by atoms with van der Waals surface area (Å²) in [5, 5.41) is 1.90. The van der Waals surface area contributed by atoms with Crippen molar-refractivity contribution in [2.24, 2.45) is 16.5 Å². The monoisotopic (exact) mass is 229 g/mol. The molecular weight excluding hydrogens is 218 g/mol. The van der Waals surface area contributed by atoms with Gasteiger partial charge in [0, 0.05) is 5.39 Å². The van der Waals surface area contributed by atoms with Crippen molar-refractivity contribution >= 4 is 22.8 Å². The normalized spacial score (nSPS) is 11.4. The molecule has 4 N–H and O–H groups in total. The fourth-order valence-corrected chi connectivity index (χ4v) is 1.53. The SMILES string of the molecule is NC(=O)N=C(N)Oc1cccc2ccccc12. The minimum absolute atomic E-state index is 0.270. The van der Waals surface area contributed by atoms with Gasteiger partial charge in [0.15, 0.2) is 0 Å². The molecule has 0 aliphatic carbocycles. The molecule has 0 unspecified atom stereocenters. The lowest BCUT2D eigenvalue weighted by Crippen LogP contribution is -2.23. The van der Waals surface area contributed by atoms with Crippen molar-refractivity contribution in [3.63, 3.8) is 0 Å². The first kappa shape index (κ1) is 10.9. The molecule has 0 atom stereocenters. The summed E-state index contributed by atoms with van der Waals surface area (Å²) in [5.74, 6) is 0.533. The van der Waals surface area contributed by atoms with Gasteiger partial charge in [-0.05, 0) is 11.5 Å². The van der Waals surface area contributed by atoms with E-state index in [0.717, 1.165) is 10.8 Å². The summed E-state index contributed by atoms with van der Waals surface area (Å²) < 4.78 is 5.27. The quantitative estimate of drug-likeness (QED) is 0.575. The number of benzene rings is 2. The lowest BCUT2D eigenvalue weighted by atomic mass is 10.1. The van der Waals surface area contributed by atoms with Crippen molar-refractivity contribution in [3.05, 3.63) is 42.5 Å². The zero-order chi connectivity index (χ0) is 12.3. The molecule has 0 fully saturated rings. The summed E-state index contributed by atoms with van der Waals surface area (Å²) in [4.78, 5) is 13.8. The van der Waals surface area contributed by atoms with E-state index in [1.807, 2.05) is 36.4 Å². The number of ether oxygens (including phenoxy) is 1. The molecule has 2 aromatic rings. The first-order valence-electron chi connectivity index (χ1n) is 4.96. The smallest absolute Gasteiger partial charge is 0.342 e. The molecule has 5 heteroatoms. The molecule has 0 saturated heterocycles. The van der Waals surface area contributed by atoms with Crippen molar-refractivity contribution in [2.75, 3.05) is 0 Å². The number of nitrogens with zero attached hydrogens (tertiary/aromatic N) is 1. The zero-order valence-electron chi connectivity index (χ0n) is 8.96. The number of amides is 2. The van der Waals surface area contributed by atoms with E-state index in [2.05, 4.69) is 4.99 Å². The Kier molecular flexibility index (Phi) is 2.91. The van der Waals surface area contributed by atoms with Crippen molar-refractivity contribution in [2.45, 2.75) is 0 Å². The predicted octanol–water partition coefficient (Wildman–Crippen LogP) is 1.61. The number of urea groups is 1. The van der Waals surface area contributed by atoms with Crippen LogP contribution in [-0.4, -0.2) is 12.1 Å². The van der Waals surface area contributed by atoms with Crippen molar-refractivity contribution in [1.29, 1.82) is 0 Å². The van der Waals surface area contributed by atoms with E-state index in [1.165, 1.54) is 0 Å². The predicted molar refractivity (Wildman–Crippen MR) is 65.8 cm³/mol. The van der Waals surface area contributed by atoms with E-state index >= 15 is 0 Å².